The van der Waals surface area contributed by atoms with Crippen molar-refractivity contribution in [1.82, 2.24) is 15.6 Å². The van der Waals surface area contributed by atoms with E-state index in [0.29, 0.717) is 5.96 Å². The maximum atomic E-state index is 5.35. The van der Waals surface area contributed by atoms with Crippen molar-refractivity contribution in [3.63, 3.8) is 0 Å². The number of nitrogens with one attached hydrogen (secondary N) is 2. The summed E-state index contributed by atoms with van der Waals surface area (Å²) in [6, 6.07) is 0. The minimum absolute atomic E-state index is 0.696. The van der Waals surface area contributed by atoms with E-state index in [1.165, 1.54) is 0 Å². The number of guanidine groups is 1. The maximum Gasteiger partial charge on any atom is 0.205 e. The normalized spacial score (nSPS) is 11.9. The van der Waals surface area contributed by atoms with Gasteiger partial charge in [-0.3, -0.25) is 10.4 Å². The molecule has 96 valence electrons. The van der Waals surface area contributed by atoms with Gasteiger partial charge in [0.15, 0.2) is 0 Å². The third-order valence-electron chi connectivity index (χ3n) is 2.47. The minimum Gasteiger partial charge on any atom is -0.355 e. The number of aliphatic imine (C=N–C) groups is 1. The van der Waals surface area contributed by atoms with E-state index in [9.17, 15) is 0 Å². The van der Waals surface area contributed by atoms with Crippen LogP contribution in [0.5, 0.6) is 0 Å². The third-order valence-corrected chi connectivity index (χ3v) is 2.47. The molecule has 0 bridgehead atoms. The summed E-state index contributed by atoms with van der Waals surface area (Å²) in [4.78, 5) is 6.68. The number of hydrogen-bond donors (Lipinski definition) is 3. The molecule has 0 radical (unpaired) electrons. The summed E-state index contributed by atoms with van der Waals surface area (Å²) in [6.07, 6.45) is 2.14. The minimum atomic E-state index is 0.696. The molecule has 0 aromatic carbocycles. The highest BCUT2D eigenvalue weighted by Crippen LogP contribution is 1.89. The SMILES string of the molecule is CCCN=C(NN)NCCCN(CC)CC. The Kier molecular flexibility index (Phi) is 10.2. The molecule has 0 fully saturated rings. The Morgan fingerprint density at radius 2 is 1.94 bits per heavy atom. The van der Waals surface area contributed by atoms with Crippen LogP contribution in [-0.2, 0) is 0 Å². The van der Waals surface area contributed by atoms with Crippen LogP contribution in [-0.4, -0.2) is 43.6 Å². The second-order valence-electron chi connectivity index (χ2n) is 3.68. The van der Waals surface area contributed by atoms with Gasteiger partial charge in [-0.25, -0.2) is 5.84 Å². The van der Waals surface area contributed by atoms with Crippen LogP contribution >= 0.6 is 0 Å². The summed E-state index contributed by atoms with van der Waals surface area (Å²) in [5.41, 5.74) is 2.58. The first-order chi connectivity index (χ1) is 7.78. The Labute approximate surface area is 99.5 Å². The van der Waals surface area contributed by atoms with Crippen LogP contribution in [0.15, 0.2) is 4.99 Å². The van der Waals surface area contributed by atoms with Crippen molar-refractivity contribution in [2.24, 2.45) is 10.8 Å². The van der Waals surface area contributed by atoms with Crippen LogP contribution < -0.4 is 16.6 Å². The second-order valence-corrected chi connectivity index (χ2v) is 3.68. The van der Waals surface area contributed by atoms with E-state index in [1.54, 1.807) is 0 Å². The molecule has 5 heteroatoms. The Hall–Kier alpha value is -0.810. The molecule has 0 unspecified atom stereocenters. The largest absolute Gasteiger partial charge is 0.355 e. The van der Waals surface area contributed by atoms with Crippen molar-refractivity contribution in [2.75, 3.05) is 32.7 Å². The Balaban J connectivity index is 3.62. The van der Waals surface area contributed by atoms with Crippen LogP contribution in [0.4, 0.5) is 0 Å². The summed E-state index contributed by atoms with van der Waals surface area (Å²) in [6.45, 7) is 11.5. The Morgan fingerprint density at radius 1 is 1.25 bits per heavy atom. The lowest BCUT2D eigenvalue weighted by molar-refractivity contribution is 0.300. The molecular weight excluding hydrogens is 202 g/mol. The van der Waals surface area contributed by atoms with Crippen molar-refractivity contribution < 1.29 is 0 Å². The van der Waals surface area contributed by atoms with Gasteiger partial charge < -0.3 is 10.2 Å². The van der Waals surface area contributed by atoms with E-state index in [-0.39, 0.29) is 0 Å². The smallest absolute Gasteiger partial charge is 0.205 e. The van der Waals surface area contributed by atoms with E-state index in [0.717, 1.165) is 45.6 Å². The first kappa shape index (κ1) is 15.2. The maximum absolute atomic E-state index is 5.35. The van der Waals surface area contributed by atoms with Crippen LogP contribution in [0.3, 0.4) is 0 Å². The summed E-state index contributed by atoms with van der Waals surface area (Å²) in [7, 11) is 0. The molecule has 16 heavy (non-hydrogen) atoms. The summed E-state index contributed by atoms with van der Waals surface area (Å²) in [5.74, 6) is 6.05. The molecular formula is C11H27N5. The number of nitrogens with zero attached hydrogens (tertiary/aromatic N) is 2. The number of hydrogen-bond acceptors (Lipinski definition) is 3. The van der Waals surface area contributed by atoms with Crippen LogP contribution in [0.2, 0.25) is 0 Å². The number of rotatable bonds is 8. The van der Waals surface area contributed by atoms with Gasteiger partial charge in [0.25, 0.3) is 0 Å². The van der Waals surface area contributed by atoms with E-state index in [1.807, 2.05) is 0 Å². The summed E-state index contributed by atoms with van der Waals surface area (Å²) >= 11 is 0. The van der Waals surface area contributed by atoms with Crippen molar-refractivity contribution in [3.05, 3.63) is 0 Å². The lowest BCUT2D eigenvalue weighted by Crippen LogP contribution is -2.42. The van der Waals surface area contributed by atoms with Gasteiger partial charge in [-0.15, -0.1) is 0 Å². The predicted molar refractivity (Wildman–Crippen MR) is 70.3 cm³/mol. The van der Waals surface area contributed by atoms with Gasteiger partial charge >= 0.3 is 0 Å². The average molecular weight is 229 g/mol. The average Bonchev–Trinajstić information content (AvgIpc) is 2.33. The Bertz CT molecular complexity index is 177. The predicted octanol–water partition coefficient (Wildman–Crippen LogP) is 0.537. The van der Waals surface area contributed by atoms with Crippen molar-refractivity contribution >= 4 is 5.96 Å². The fourth-order valence-electron chi connectivity index (χ4n) is 1.43. The van der Waals surface area contributed by atoms with E-state index >= 15 is 0 Å². The number of nitrogens with two attached hydrogens (primary N) is 1. The molecule has 0 saturated carbocycles. The zero-order chi connectivity index (χ0) is 12.2. The zero-order valence-electron chi connectivity index (χ0n) is 10.9. The summed E-state index contributed by atoms with van der Waals surface area (Å²) < 4.78 is 0. The fourth-order valence-corrected chi connectivity index (χ4v) is 1.43. The molecule has 5 nitrogen and oxygen atoms in total. The second kappa shape index (κ2) is 10.7. The number of hydrazine groups is 1. The van der Waals surface area contributed by atoms with Gasteiger partial charge in [0.2, 0.25) is 5.96 Å². The van der Waals surface area contributed by atoms with Crippen molar-refractivity contribution in [1.29, 1.82) is 0 Å². The molecule has 0 rings (SSSR count). The highest BCUT2D eigenvalue weighted by Gasteiger charge is 1.99. The van der Waals surface area contributed by atoms with E-state index in [2.05, 4.69) is 41.4 Å². The molecule has 0 saturated heterocycles. The van der Waals surface area contributed by atoms with Gasteiger partial charge in [-0.05, 0) is 32.5 Å². The molecule has 0 aliphatic carbocycles. The monoisotopic (exact) mass is 229 g/mol. The zero-order valence-corrected chi connectivity index (χ0v) is 10.9. The first-order valence-corrected chi connectivity index (χ1v) is 6.25. The van der Waals surface area contributed by atoms with Crippen LogP contribution in [0.1, 0.15) is 33.6 Å². The third kappa shape index (κ3) is 7.48. The molecule has 0 aliphatic rings. The molecule has 0 spiro atoms. The summed E-state index contributed by atoms with van der Waals surface area (Å²) in [5, 5.41) is 3.19. The van der Waals surface area contributed by atoms with Gasteiger partial charge in [-0.1, -0.05) is 20.8 Å². The lowest BCUT2D eigenvalue weighted by atomic mass is 10.3. The van der Waals surface area contributed by atoms with Crippen LogP contribution in [0.25, 0.3) is 0 Å². The molecule has 0 aromatic heterocycles. The van der Waals surface area contributed by atoms with Gasteiger partial charge in [0, 0.05) is 13.1 Å². The van der Waals surface area contributed by atoms with Crippen LogP contribution in [0, 0.1) is 0 Å². The fraction of sp³-hybridized carbons (Fsp3) is 0.909. The standard InChI is InChI=1S/C11H27N5/c1-4-8-13-11(15-12)14-9-7-10-16(5-2)6-3/h4-10,12H2,1-3H3,(H2,13,14,15). The van der Waals surface area contributed by atoms with Gasteiger partial charge in [0.1, 0.15) is 0 Å². The lowest BCUT2D eigenvalue weighted by Gasteiger charge is -2.18. The van der Waals surface area contributed by atoms with Gasteiger partial charge in [-0.2, -0.15) is 0 Å². The molecule has 0 amide bonds. The van der Waals surface area contributed by atoms with E-state index < -0.39 is 0 Å². The van der Waals surface area contributed by atoms with Crippen molar-refractivity contribution in [2.45, 2.75) is 33.6 Å². The quantitative estimate of drug-likeness (QED) is 0.187. The topological polar surface area (TPSA) is 65.7 Å². The van der Waals surface area contributed by atoms with E-state index in [4.69, 9.17) is 5.84 Å². The highest BCUT2D eigenvalue weighted by molar-refractivity contribution is 5.79. The Morgan fingerprint density at radius 3 is 2.44 bits per heavy atom. The van der Waals surface area contributed by atoms with Gasteiger partial charge in [0.05, 0.1) is 0 Å². The molecule has 0 heterocycles. The first-order valence-electron chi connectivity index (χ1n) is 6.25. The molecule has 0 aliphatic heterocycles. The molecule has 0 aromatic rings. The highest BCUT2D eigenvalue weighted by atomic mass is 15.3. The molecule has 4 N–H and O–H groups in total. The molecule has 0 atom stereocenters. The van der Waals surface area contributed by atoms with Crippen molar-refractivity contribution in [3.8, 4) is 0 Å².